The van der Waals surface area contributed by atoms with Crippen LogP contribution in [0.5, 0.6) is 23.0 Å². The third-order valence-electron chi connectivity index (χ3n) is 3.98. The molecule has 154 valence electrons. The monoisotopic (exact) mass is 409 g/mol. The van der Waals surface area contributed by atoms with Crippen molar-refractivity contribution in [2.24, 2.45) is 5.73 Å². The first-order valence-corrected chi connectivity index (χ1v) is 8.66. The largest absolute Gasteiger partial charge is 0.497 e. The number of methoxy groups -OCH3 is 1. The third-order valence-corrected chi connectivity index (χ3v) is 3.98. The van der Waals surface area contributed by atoms with Crippen LogP contribution in [0.3, 0.4) is 0 Å². The Kier molecular flexibility index (Phi) is 5.97. The molecule has 0 saturated carbocycles. The highest BCUT2D eigenvalue weighted by atomic mass is 19.4. The molecule has 0 saturated heterocycles. The van der Waals surface area contributed by atoms with Gasteiger partial charge in [0.1, 0.15) is 22.8 Å². The molecule has 0 unspecified atom stereocenters. The van der Waals surface area contributed by atoms with E-state index in [0.717, 1.165) is 0 Å². The van der Waals surface area contributed by atoms with E-state index in [4.69, 9.17) is 24.4 Å². The van der Waals surface area contributed by atoms with Crippen LogP contribution < -0.4 is 25.4 Å². The second-order valence-corrected chi connectivity index (χ2v) is 6.01. The summed E-state index contributed by atoms with van der Waals surface area (Å²) in [6, 6.07) is 9.81. The zero-order valence-corrected chi connectivity index (χ0v) is 15.4. The molecule has 0 spiro atoms. The fourth-order valence-electron chi connectivity index (χ4n) is 2.56. The summed E-state index contributed by atoms with van der Waals surface area (Å²) >= 11 is 0. The van der Waals surface area contributed by atoms with E-state index in [0.29, 0.717) is 18.7 Å². The summed E-state index contributed by atoms with van der Waals surface area (Å²) in [7, 11) is 1.45. The molecule has 0 amide bonds. The van der Waals surface area contributed by atoms with Crippen molar-refractivity contribution in [3.05, 3.63) is 58.4 Å². The van der Waals surface area contributed by atoms with Gasteiger partial charge in [0.25, 0.3) is 5.76 Å². The number of fused-ring (bicyclic) bond motifs is 1. The Bertz CT molecular complexity index is 1040. The Morgan fingerprint density at radius 1 is 1.03 bits per heavy atom. The standard InChI is InChI=1S/C20H18F3NO5/c1-26-12-3-5-13(6-4-12)28-18-17(25)15-8-7-14(27-10-2-9-24)11-16(15)29-19(18)20(21,22)23/h3-8,11H,2,9-10,24H2,1H3. The molecule has 29 heavy (non-hydrogen) atoms. The lowest BCUT2D eigenvalue weighted by atomic mass is 10.2. The first-order chi connectivity index (χ1) is 13.8. The average molecular weight is 409 g/mol. The van der Waals surface area contributed by atoms with Crippen molar-refractivity contribution >= 4 is 11.0 Å². The van der Waals surface area contributed by atoms with E-state index >= 15 is 0 Å². The fourth-order valence-corrected chi connectivity index (χ4v) is 2.56. The minimum absolute atomic E-state index is 0.0321. The molecule has 0 fully saturated rings. The smallest absolute Gasteiger partial charge is 0.453 e. The Morgan fingerprint density at radius 3 is 2.31 bits per heavy atom. The number of nitrogens with two attached hydrogens (primary N) is 1. The molecular weight excluding hydrogens is 391 g/mol. The molecule has 0 aliphatic rings. The summed E-state index contributed by atoms with van der Waals surface area (Å²) in [6.45, 7) is 0.698. The first-order valence-electron chi connectivity index (χ1n) is 8.66. The van der Waals surface area contributed by atoms with Gasteiger partial charge in [-0.1, -0.05) is 0 Å². The zero-order chi connectivity index (χ0) is 21.0. The SMILES string of the molecule is COc1ccc(Oc2c(C(F)(F)F)oc3cc(OCCCN)ccc3c2=O)cc1. The minimum atomic E-state index is -4.94. The van der Waals surface area contributed by atoms with Gasteiger partial charge >= 0.3 is 6.18 Å². The van der Waals surface area contributed by atoms with E-state index in [2.05, 4.69) is 0 Å². The number of alkyl halides is 3. The van der Waals surface area contributed by atoms with E-state index in [9.17, 15) is 18.0 Å². The van der Waals surface area contributed by atoms with Gasteiger partial charge in [-0.2, -0.15) is 13.2 Å². The van der Waals surface area contributed by atoms with Gasteiger partial charge in [-0.15, -0.1) is 0 Å². The third kappa shape index (κ3) is 4.62. The Balaban J connectivity index is 2.06. The van der Waals surface area contributed by atoms with Crippen molar-refractivity contribution in [1.29, 1.82) is 0 Å². The van der Waals surface area contributed by atoms with Crippen molar-refractivity contribution in [2.45, 2.75) is 12.6 Å². The fraction of sp³-hybridized carbons (Fsp3) is 0.250. The summed E-state index contributed by atoms with van der Waals surface area (Å²) in [5, 5.41) is -0.0623. The average Bonchev–Trinajstić information content (AvgIpc) is 2.70. The lowest BCUT2D eigenvalue weighted by Gasteiger charge is -2.14. The van der Waals surface area contributed by atoms with Gasteiger partial charge in [0, 0.05) is 6.07 Å². The number of ether oxygens (including phenoxy) is 3. The highest BCUT2D eigenvalue weighted by molar-refractivity contribution is 5.79. The number of benzene rings is 2. The quantitative estimate of drug-likeness (QED) is 0.585. The number of rotatable bonds is 7. The molecule has 0 bridgehead atoms. The molecule has 2 N–H and O–H groups in total. The Morgan fingerprint density at radius 2 is 1.69 bits per heavy atom. The van der Waals surface area contributed by atoms with Gasteiger partial charge in [-0.05, 0) is 49.4 Å². The molecule has 3 aromatic rings. The molecule has 0 aliphatic carbocycles. The normalized spacial score (nSPS) is 11.5. The van der Waals surface area contributed by atoms with E-state index in [1.54, 1.807) is 0 Å². The molecule has 0 atom stereocenters. The molecule has 0 aliphatic heterocycles. The van der Waals surface area contributed by atoms with Crippen molar-refractivity contribution < 1.29 is 31.8 Å². The number of hydrogen-bond donors (Lipinski definition) is 1. The van der Waals surface area contributed by atoms with Crippen LogP contribution in [0.25, 0.3) is 11.0 Å². The van der Waals surface area contributed by atoms with Crippen LogP contribution in [0.15, 0.2) is 51.7 Å². The Labute approximate surface area is 163 Å². The number of hydrogen-bond acceptors (Lipinski definition) is 6. The van der Waals surface area contributed by atoms with Crippen LogP contribution >= 0.6 is 0 Å². The molecule has 6 nitrogen and oxygen atoms in total. The van der Waals surface area contributed by atoms with Crippen LogP contribution in [0.2, 0.25) is 0 Å². The Hall–Kier alpha value is -3.20. The summed E-state index contributed by atoms with van der Waals surface area (Å²) in [4.78, 5) is 12.7. The van der Waals surface area contributed by atoms with Crippen LogP contribution in [0.1, 0.15) is 12.2 Å². The maximum absolute atomic E-state index is 13.5. The highest BCUT2D eigenvalue weighted by Crippen LogP contribution is 2.38. The van der Waals surface area contributed by atoms with Gasteiger partial charge in [0.15, 0.2) is 0 Å². The van der Waals surface area contributed by atoms with Crippen LogP contribution in [-0.4, -0.2) is 20.3 Å². The summed E-state index contributed by atoms with van der Waals surface area (Å²) in [6.07, 6.45) is -4.37. The van der Waals surface area contributed by atoms with Gasteiger partial charge < -0.3 is 24.4 Å². The molecule has 0 radical (unpaired) electrons. The van der Waals surface area contributed by atoms with Crippen LogP contribution in [0, 0.1) is 0 Å². The first kappa shape index (κ1) is 20.5. The summed E-state index contributed by atoms with van der Waals surface area (Å²) in [5.41, 5.74) is 4.18. The molecule has 3 rings (SSSR count). The van der Waals surface area contributed by atoms with Crippen molar-refractivity contribution in [3.8, 4) is 23.0 Å². The predicted octanol–water partition coefficient (Wildman–Crippen LogP) is 4.34. The predicted molar refractivity (Wildman–Crippen MR) is 99.7 cm³/mol. The zero-order valence-electron chi connectivity index (χ0n) is 15.4. The van der Waals surface area contributed by atoms with E-state index in [-0.39, 0.29) is 29.1 Å². The van der Waals surface area contributed by atoms with Gasteiger partial charge in [0.05, 0.1) is 19.1 Å². The summed E-state index contributed by atoms with van der Waals surface area (Å²) < 4.78 is 61.3. The highest BCUT2D eigenvalue weighted by Gasteiger charge is 2.40. The van der Waals surface area contributed by atoms with Gasteiger partial charge in [0.2, 0.25) is 11.2 Å². The van der Waals surface area contributed by atoms with Crippen LogP contribution in [-0.2, 0) is 6.18 Å². The molecular formula is C20H18F3NO5. The lowest BCUT2D eigenvalue weighted by Crippen LogP contribution is -2.15. The van der Waals surface area contributed by atoms with Crippen LogP contribution in [0.4, 0.5) is 13.2 Å². The maximum Gasteiger partial charge on any atom is 0.453 e. The molecule has 1 heterocycles. The van der Waals surface area contributed by atoms with E-state index < -0.39 is 23.1 Å². The van der Waals surface area contributed by atoms with Gasteiger partial charge in [-0.3, -0.25) is 4.79 Å². The van der Waals surface area contributed by atoms with Crippen molar-refractivity contribution in [1.82, 2.24) is 0 Å². The second kappa shape index (κ2) is 8.44. The minimum Gasteiger partial charge on any atom is -0.497 e. The molecule has 1 aromatic heterocycles. The lowest BCUT2D eigenvalue weighted by molar-refractivity contribution is -0.154. The van der Waals surface area contributed by atoms with Crippen molar-refractivity contribution in [2.75, 3.05) is 20.3 Å². The number of halogens is 3. The second-order valence-electron chi connectivity index (χ2n) is 6.01. The molecule has 2 aromatic carbocycles. The maximum atomic E-state index is 13.5. The van der Waals surface area contributed by atoms with Gasteiger partial charge in [-0.25, -0.2) is 0 Å². The molecule has 9 heteroatoms. The van der Waals surface area contributed by atoms with E-state index in [1.807, 2.05) is 0 Å². The van der Waals surface area contributed by atoms with Crippen molar-refractivity contribution in [3.63, 3.8) is 0 Å². The summed E-state index contributed by atoms with van der Waals surface area (Å²) in [5.74, 6) is -1.67. The topological polar surface area (TPSA) is 83.9 Å². The van der Waals surface area contributed by atoms with E-state index in [1.165, 1.54) is 49.6 Å².